The number of urea groups is 1. The molecule has 1 aliphatic heterocycles. The number of ether oxygens (including phenoxy) is 1. The lowest BCUT2D eigenvalue weighted by Gasteiger charge is -2.26. The molecule has 2 heterocycles. The van der Waals surface area contributed by atoms with E-state index in [4.69, 9.17) is 4.74 Å². The zero-order chi connectivity index (χ0) is 16.9. The number of aryl methyl sites for hydroxylation is 2. The maximum atomic E-state index is 12.1. The molecule has 7 nitrogen and oxygen atoms in total. The normalized spacial score (nSPS) is 14.3. The number of carbonyl (C=O) groups is 1. The highest BCUT2D eigenvalue weighted by Gasteiger charge is 2.13. The van der Waals surface area contributed by atoms with Gasteiger partial charge in [0.15, 0.2) is 0 Å². The first-order valence-corrected chi connectivity index (χ1v) is 7.92. The molecule has 0 aliphatic carbocycles. The Morgan fingerprint density at radius 3 is 2.38 bits per heavy atom. The van der Waals surface area contributed by atoms with Crippen LogP contribution in [0, 0.1) is 13.8 Å². The minimum absolute atomic E-state index is 0.319. The molecule has 1 aromatic heterocycles. The number of anilines is 3. The highest BCUT2D eigenvalue weighted by molar-refractivity contribution is 5.99. The Morgan fingerprint density at radius 1 is 1.04 bits per heavy atom. The van der Waals surface area contributed by atoms with Gasteiger partial charge in [-0.05, 0) is 37.1 Å². The summed E-state index contributed by atoms with van der Waals surface area (Å²) < 4.78 is 5.31. The van der Waals surface area contributed by atoms with Crippen LogP contribution >= 0.6 is 0 Å². The second-order valence-corrected chi connectivity index (χ2v) is 5.75. The maximum Gasteiger partial charge on any atom is 0.323 e. The minimum Gasteiger partial charge on any atom is -0.378 e. The van der Waals surface area contributed by atoms with Crippen molar-refractivity contribution in [1.82, 2.24) is 9.97 Å². The molecule has 24 heavy (non-hydrogen) atoms. The number of carbonyl (C=O) groups excluding carboxylic acids is 1. The third kappa shape index (κ3) is 3.99. The summed E-state index contributed by atoms with van der Waals surface area (Å²) in [7, 11) is 0. The van der Waals surface area contributed by atoms with E-state index in [1.165, 1.54) is 5.56 Å². The van der Waals surface area contributed by atoms with Crippen molar-refractivity contribution in [2.24, 2.45) is 0 Å². The van der Waals surface area contributed by atoms with Crippen molar-refractivity contribution in [3.63, 3.8) is 0 Å². The van der Waals surface area contributed by atoms with Crippen molar-refractivity contribution in [2.45, 2.75) is 13.8 Å². The summed E-state index contributed by atoms with van der Waals surface area (Å²) in [5.41, 5.74) is 3.62. The van der Waals surface area contributed by atoms with Gasteiger partial charge in [0.25, 0.3) is 0 Å². The van der Waals surface area contributed by atoms with Gasteiger partial charge in [0.2, 0.25) is 5.95 Å². The van der Waals surface area contributed by atoms with Crippen molar-refractivity contribution in [3.05, 3.63) is 41.7 Å². The number of nitrogens with one attached hydrogen (secondary N) is 2. The first kappa shape index (κ1) is 16.2. The van der Waals surface area contributed by atoms with Gasteiger partial charge >= 0.3 is 6.03 Å². The number of rotatable bonds is 3. The average Bonchev–Trinajstić information content (AvgIpc) is 2.59. The molecule has 0 bridgehead atoms. The lowest BCUT2D eigenvalue weighted by Crippen LogP contribution is -2.37. The Kier molecular flexibility index (Phi) is 4.90. The first-order chi connectivity index (χ1) is 11.6. The fraction of sp³-hybridized carbons (Fsp3) is 0.353. The molecule has 1 saturated heterocycles. The zero-order valence-corrected chi connectivity index (χ0v) is 13.9. The predicted molar refractivity (Wildman–Crippen MR) is 93.6 cm³/mol. The van der Waals surface area contributed by atoms with Gasteiger partial charge in [0, 0.05) is 18.8 Å². The zero-order valence-electron chi connectivity index (χ0n) is 13.9. The number of benzene rings is 1. The summed E-state index contributed by atoms with van der Waals surface area (Å²) in [4.78, 5) is 22.7. The molecule has 3 rings (SSSR count). The van der Waals surface area contributed by atoms with E-state index in [1.807, 2.05) is 32.0 Å². The summed E-state index contributed by atoms with van der Waals surface area (Å²) in [6.07, 6.45) is 3.22. The number of hydrogen-bond acceptors (Lipinski definition) is 5. The van der Waals surface area contributed by atoms with E-state index in [2.05, 4.69) is 25.5 Å². The van der Waals surface area contributed by atoms with Crippen LogP contribution in [0.2, 0.25) is 0 Å². The van der Waals surface area contributed by atoms with Crippen LogP contribution in [0.15, 0.2) is 30.6 Å². The van der Waals surface area contributed by atoms with Gasteiger partial charge < -0.3 is 20.3 Å². The van der Waals surface area contributed by atoms with E-state index in [0.29, 0.717) is 24.8 Å². The second-order valence-electron chi connectivity index (χ2n) is 5.75. The summed E-state index contributed by atoms with van der Waals surface area (Å²) >= 11 is 0. The van der Waals surface area contributed by atoms with Crippen LogP contribution in [0.5, 0.6) is 0 Å². The minimum atomic E-state index is -0.319. The summed E-state index contributed by atoms with van der Waals surface area (Å²) in [6.45, 7) is 6.96. The summed E-state index contributed by atoms with van der Waals surface area (Å²) in [5.74, 6) is 0.651. The number of aromatic nitrogens is 2. The van der Waals surface area contributed by atoms with E-state index in [0.717, 1.165) is 24.3 Å². The molecule has 1 aromatic carbocycles. The molecule has 2 aromatic rings. The second kappa shape index (κ2) is 7.27. The van der Waals surface area contributed by atoms with E-state index in [1.54, 1.807) is 12.4 Å². The lowest BCUT2D eigenvalue weighted by molar-refractivity contribution is 0.122. The third-order valence-electron chi connectivity index (χ3n) is 3.95. The number of hydrogen-bond donors (Lipinski definition) is 2. The van der Waals surface area contributed by atoms with Crippen molar-refractivity contribution in [3.8, 4) is 0 Å². The standard InChI is InChI=1S/C17H21N5O2/c1-12-3-4-14(9-13(12)2)20-17(23)21-15-10-18-16(19-11-15)22-5-7-24-8-6-22/h3-4,9-11H,5-8H2,1-2H3,(H2,20,21,23). The molecule has 2 N–H and O–H groups in total. The highest BCUT2D eigenvalue weighted by atomic mass is 16.5. The first-order valence-electron chi connectivity index (χ1n) is 7.92. The van der Waals surface area contributed by atoms with Crippen molar-refractivity contribution < 1.29 is 9.53 Å². The number of nitrogens with zero attached hydrogens (tertiary/aromatic N) is 3. The largest absolute Gasteiger partial charge is 0.378 e. The monoisotopic (exact) mass is 327 g/mol. The van der Waals surface area contributed by atoms with E-state index in [9.17, 15) is 4.79 Å². The molecular formula is C17H21N5O2. The van der Waals surface area contributed by atoms with Crippen LogP contribution in [0.1, 0.15) is 11.1 Å². The predicted octanol–water partition coefficient (Wildman–Crippen LogP) is 2.57. The van der Waals surface area contributed by atoms with Crippen LogP contribution < -0.4 is 15.5 Å². The van der Waals surface area contributed by atoms with Crippen molar-refractivity contribution in [2.75, 3.05) is 41.8 Å². The fourth-order valence-corrected chi connectivity index (χ4v) is 2.43. The molecular weight excluding hydrogens is 306 g/mol. The number of amides is 2. The molecule has 1 aliphatic rings. The molecule has 0 unspecified atom stereocenters. The van der Waals surface area contributed by atoms with Crippen molar-refractivity contribution in [1.29, 1.82) is 0 Å². The van der Waals surface area contributed by atoms with Crippen LogP contribution in [0.3, 0.4) is 0 Å². The van der Waals surface area contributed by atoms with Crippen LogP contribution in [-0.4, -0.2) is 42.3 Å². The van der Waals surface area contributed by atoms with Gasteiger partial charge in [0.1, 0.15) is 0 Å². The maximum absolute atomic E-state index is 12.1. The topological polar surface area (TPSA) is 79.4 Å². The molecule has 126 valence electrons. The van der Waals surface area contributed by atoms with Gasteiger partial charge in [-0.2, -0.15) is 0 Å². The molecule has 0 atom stereocenters. The Hall–Kier alpha value is -2.67. The van der Waals surface area contributed by atoms with Gasteiger partial charge in [0.05, 0.1) is 31.3 Å². The Morgan fingerprint density at radius 2 is 1.71 bits per heavy atom. The summed E-state index contributed by atoms with van der Waals surface area (Å²) in [6, 6.07) is 5.47. The SMILES string of the molecule is Cc1ccc(NC(=O)Nc2cnc(N3CCOCC3)nc2)cc1C. The van der Waals surface area contributed by atoms with Gasteiger partial charge in [-0.15, -0.1) is 0 Å². The Balaban J connectivity index is 1.58. The molecule has 7 heteroatoms. The lowest BCUT2D eigenvalue weighted by atomic mass is 10.1. The van der Waals surface area contributed by atoms with E-state index >= 15 is 0 Å². The average molecular weight is 327 g/mol. The van der Waals surface area contributed by atoms with E-state index < -0.39 is 0 Å². The molecule has 0 saturated carbocycles. The van der Waals surface area contributed by atoms with Crippen LogP contribution in [-0.2, 0) is 4.74 Å². The van der Waals surface area contributed by atoms with Gasteiger partial charge in [-0.1, -0.05) is 6.07 Å². The molecule has 1 fully saturated rings. The van der Waals surface area contributed by atoms with E-state index in [-0.39, 0.29) is 6.03 Å². The molecule has 2 amide bonds. The Bertz CT molecular complexity index is 711. The van der Waals surface area contributed by atoms with Crippen LogP contribution in [0.25, 0.3) is 0 Å². The smallest absolute Gasteiger partial charge is 0.323 e. The Labute approximate surface area is 141 Å². The third-order valence-corrected chi connectivity index (χ3v) is 3.95. The quantitative estimate of drug-likeness (QED) is 0.906. The van der Waals surface area contributed by atoms with Crippen LogP contribution in [0.4, 0.5) is 22.1 Å². The van der Waals surface area contributed by atoms with Gasteiger partial charge in [-0.3, -0.25) is 0 Å². The van der Waals surface area contributed by atoms with Gasteiger partial charge in [-0.25, -0.2) is 14.8 Å². The number of morpholine rings is 1. The molecule has 0 spiro atoms. The molecule has 0 radical (unpaired) electrons. The summed E-state index contributed by atoms with van der Waals surface area (Å²) in [5, 5.41) is 5.54. The van der Waals surface area contributed by atoms with Crippen molar-refractivity contribution >= 4 is 23.4 Å². The fourth-order valence-electron chi connectivity index (χ4n) is 2.43. The highest BCUT2D eigenvalue weighted by Crippen LogP contribution is 2.15.